The first-order chi connectivity index (χ1) is 8.08. The van der Waals surface area contributed by atoms with Crippen LogP contribution in [-0.2, 0) is 6.42 Å². The summed E-state index contributed by atoms with van der Waals surface area (Å²) in [5.41, 5.74) is 12.0. The molecule has 86 valence electrons. The summed E-state index contributed by atoms with van der Waals surface area (Å²) < 4.78 is 3.06. The molecule has 2 N–H and O–H groups in total. The van der Waals surface area contributed by atoms with E-state index in [0.717, 1.165) is 25.5 Å². The van der Waals surface area contributed by atoms with E-state index in [0.29, 0.717) is 0 Å². The Bertz CT molecular complexity index is 635. The first kappa shape index (κ1) is 11.8. The molecule has 2 aromatic carbocycles. The van der Waals surface area contributed by atoms with Gasteiger partial charge in [0.25, 0.3) is 0 Å². The Kier molecular flexibility index (Phi) is 2.84. The van der Waals surface area contributed by atoms with Gasteiger partial charge in [-0.3, -0.25) is 0 Å². The lowest BCUT2D eigenvalue weighted by atomic mass is 10.0. The Morgan fingerprint density at radius 3 is 2.53 bits per heavy atom. The van der Waals surface area contributed by atoms with Crippen LogP contribution in [0.1, 0.15) is 11.1 Å². The Morgan fingerprint density at radius 1 is 1.00 bits per heavy atom. The van der Waals surface area contributed by atoms with E-state index in [1.54, 1.807) is 0 Å². The van der Waals surface area contributed by atoms with E-state index in [9.17, 15) is 0 Å². The van der Waals surface area contributed by atoms with Crippen molar-refractivity contribution in [3.05, 3.63) is 48.8 Å². The topological polar surface area (TPSA) is 26.0 Å². The van der Waals surface area contributed by atoms with Gasteiger partial charge in [0.15, 0.2) is 0 Å². The second-order valence-corrected chi connectivity index (χ2v) is 6.66. The summed E-state index contributed by atoms with van der Waals surface area (Å²) in [4.78, 5) is 0. The van der Waals surface area contributed by atoms with Crippen LogP contribution in [0.2, 0.25) is 0 Å². The lowest BCUT2D eigenvalue weighted by molar-refractivity contribution is 1.25. The van der Waals surface area contributed by atoms with Gasteiger partial charge in [-0.25, -0.2) is 0 Å². The number of hydrogen-bond donors (Lipinski definition) is 1. The molecule has 0 saturated carbocycles. The van der Waals surface area contributed by atoms with Gasteiger partial charge in [-0.15, -0.1) is 0 Å². The molecule has 0 bridgehead atoms. The van der Waals surface area contributed by atoms with Crippen LogP contribution in [0.25, 0.3) is 11.1 Å². The number of halogens is 3. The largest absolute Gasteiger partial charge is 0.397 e. The van der Waals surface area contributed by atoms with Crippen LogP contribution in [0.4, 0.5) is 5.69 Å². The van der Waals surface area contributed by atoms with Crippen molar-refractivity contribution in [3.8, 4) is 11.1 Å². The average Bonchev–Trinajstić information content (AvgIpc) is 2.63. The number of anilines is 1. The summed E-state index contributed by atoms with van der Waals surface area (Å²) in [7, 11) is 0. The second kappa shape index (κ2) is 4.11. The minimum Gasteiger partial charge on any atom is -0.397 e. The van der Waals surface area contributed by atoms with Crippen molar-refractivity contribution < 1.29 is 0 Å². The normalized spacial score (nSPS) is 12.4. The fourth-order valence-electron chi connectivity index (χ4n) is 2.31. The minimum atomic E-state index is 0.815. The maximum atomic E-state index is 6.20. The Balaban J connectivity index is 2.32. The predicted octanol–water partition coefficient (Wildman–Crippen LogP) is 5.13. The van der Waals surface area contributed by atoms with Crippen LogP contribution < -0.4 is 5.73 Å². The summed E-state index contributed by atoms with van der Waals surface area (Å²) in [5, 5.41) is 0. The smallest absolute Gasteiger partial charge is 0.0553 e. The van der Waals surface area contributed by atoms with Crippen molar-refractivity contribution in [2.45, 2.75) is 6.42 Å². The van der Waals surface area contributed by atoms with Gasteiger partial charge in [0.1, 0.15) is 0 Å². The molecule has 0 unspecified atom stereocenters. The van der Waals surface area contributed by atoms with Crippen LogP contribution in [0.3, 0.4) is 0 Å². The molecule has 0 saturated heterocycles. The van der Waals surface area contributed by atoms with Crippen LogP contribution >= 0.6 is 47.8 Å². The van der Waals surface area contributed by atoms with Crippen LogP contribution in [-0.4, -0.2) is 0 Å². The van der Waals surface area contributed by atoms with E-state index in [4.69, 9.17) is 5.73 Å². The van der Waals surface area contributed by atoms with Gasteiger partial charge in [-0.05, 0) is 73.2 Å². The lowest BCUT2D eigenvalue weighted by Gasteiger charge is -2.09. The van der Waals surface area contributed by atoms with Gasteiger partial charge >= 0.3 is 0 Å². The molecule has 0 aromatic heterocycles. The zero-order chi connectivity index (χ0) is 12.2. The SMILES string of the molecule is Nc1c(Br)c(Br)cc2c1-c1ccc(Br)cc1C2. The third-order valence-electron chi connectivity index (χ3n) is 3.06. The molecule has 3 rings (SSSR count). The van der Waals surface area contributed by atoms with Crippen molar-refractivity contribution in [3.63, 3.8) is 0 Å². The van der Waals surface area contributed by atoms with E-state index in [1.165, 1.54) is 22.3 Å². The monoisotopic (exact) mass is 415 g/mol. The molecule has 17 heavy (non-hydrogen) atoms. The highest BCUT2D eigenvalue weighted by atomic mass is 79.9. The standard InChI is InChI=1S/C13H8Br3N/c14-8-1-2-9-6(4-8)3-7-5-10(15)12(16)13(17)11(7)9/h1-2,4-5H,3,17H2. The summed E-state index contributed by atoms with van der Waals surface area (Å²) in [6.45, 7) is 0. The summed E-state index contributed by atoms with van der Waals surface area (Å²) in [6, 6.07) is 8.49. The molecule has 0 amide bonds. The quantitative estimate of drug-likeness (QED) is 0.504. The lowest BCUT2D eigenvalue weighted by Crippen LogP contribution is -1.93. The van der Waals surface area contributed by atoms with Crippen molar-refractivity contribution in [2.75, 3.05) is 5.73 Å². The molecule has 1 nitrogen and oxygen atoms in total. The molecule has 1 aliphatic rings. The van der Waals surface area contributed by atoms with E-state index < -0.39 is 0 Å². The van der Waals surface area contributed by atoms with Crippen molar-refractivity contribution in [1.82, 2.24) is 0 Å². The molecular weight excluding hydrogens is 410 g/mol. The maximum absolute atomic E-state index is 6.20. The van der Waals surface area contributed by atoms with Crippen LogP contribution in [0.5, 0.6) is 0 Å². The molecule has 0 aliphatic heterocycles. The summed E-state index contributed by atoms with van der Waals surface area (Å²) >= 11 is 10.5. The third kappa shape index (κ3) is 1.77. The molecule has 0 atom stereocenters. The fourth-order valence-corrected chi connectivity index (χ4v) is 3.53. The first-order valence-electron chi connectivity index (χ1n) is 5.13. The molecule has 0 radical (unpaired) electrons. The third-order valence-corrected chi connectivity index (χ3v) is 5.56. The van der Waals surface area contributed by atoms with Gasteiger partial charge in [0.2, 0.25) is 0 Å². The average molecular weight is 418 g/mol. The van der Waals surface area contributed by atoms with Crippen LogP contribution in [0, 0.1) is 0 Å². The van der Waals surface area contributed by atoms with Crippen LogP contribution in [0.15, 0.2) is 37.7 Å². The Morgan fingerprint density at radius 2 is 1.76 bits per heavy atom. The van der Waals surface area contributed by atoms with Gasteiger partial charge in [-0.1, -0.05) is 22.0 Å². The number of hydrogen-bond acceptors (Lipinski definition) is 1. The zero-order valence-corrected chi connectivity index (χ0v) is 13.5. The second-order valence-electron chi connectivity index (χ2n) is 4.10. The number of fused-ring (bicyclic) bond motifs is 3. The Hall–Kier alpha value is -0.320. The highest BCUT2D eigenvalue weighted by molar-refractivity contribution is 9.13. The minimum absolute atomic E-state index is 0.815. The van der Waals surface area contributed by atoms with E-state index in [-0.39, 0.29) is 0 Å². The number of nitrogens with two attached hydrogens (primary N) is 1. The summed E-state index contributed by atoms with van der Waals surface area (Å²) in [5.74, 6) is 0. The molecule has 4 heteroatoms. The highest BCUT2D eigenvalue weighted by Crippen LogP contribution is 2.46. The first-order valence-corrected chi connectivity index (χ1v) is 7.51. The fraction of sp³-hybridized carbons (Fsp3) is 0.0769. The van der Waals surface area contributed by atoms with E-state index in [2.05, 4.69) is 72.1 Å². The van der Waals surface area contributed by atoms with Gasteiger partial charge in [0.05, 0.1) is 10.2 Å². The zero-order valence-electron chi connectivity index (χ0n) is 8.73. The molecule has 2 aromatic rings. The Labute approximate surface area is 125 Å². The molecule has 1 aliphatic carbocycles. The molecule has 0 fully saturated rings. The molecule has 0 spiro atoms. The van der Waals surface area contributed by atoms with Crippen molar-refractivity contribution in [1.29, 1.82) is 0 Å². The van der Waals surface area contributed by atoms with Gasteiger partial charge in [0, 0.05) is 14.5 Å². The molecular formula is C13H8Br3N. The molecule has 0 heterocycles. The van der Waals surface area contributed by atoms with Crippen molar-refractivity contribution >= 4 is 53.5 Å². The number of rotatable bonds is 0. The highest BCUT2D eigenvalue weighted by Gasteiger charge is 2.23. The maximum Gasteiger partial charge on any atom is 0.0553 e. The predicted molar refractivity (Wildman–Crippen MR) is 82.2 cm³/mol. The van der Waals surface area contributed by atoms with E-state index >= 15 is 0 Å². The van der Waals surface area contributed by atoms with Gasteiger partial charge in [-0.2, -0.15) is 0 Å². The van der Waals surface area contributed by atoms with Gasteiger partial charge < -0.3 is 5.73 Å². The summed E-state index contributed by atoms with van der Waals surface area (Å²) in [6.07, 6.45) is 0.945. The number of nitrogen functional groups attached to an aromatic ring is 1. The van der Waals surface area contributed by atoms with Crippen molar-refractivity contribution in [2.24, 2.45) is 0 Å². The number of benzene rings is 2. The van der Waals surface area contributed by atoms with E-state index in [1.807, 2.05) is 0 Å².